The van der Waals surface area contributed by atoms with E-state index in [1.54, 1.807) is 6.07 Å². The summed E-state index contributed by atoms with van der Waals surface area (Å²) in [6, 6.07) is 4.32. The number of nitrogens with two attached hydrogens (primary N) is 1. The van der Waals surface area contributed by atoms with Gasteiger partial charge in [-0.15, -0.1) is 0 Å². The third-order valence-electron chi connectivity index (χ3n) is 3.50. The predicted molar refractivity (Wildman–Crippen MR) is 79.8 cm³/mol. The van der Waals surface area contributed by atoms with E-state index in [2.05, 4.69) is 24.6 Å². The number of unbranched alkanes of at least 4 members (excludes halogenated alkanes) is 1. The Morgan fingerprint density at radius 1 is 1.40 bits per heavy atom. The summed E-state index contributed by atoms with van der Waals surface area (Å²) >= 11 is 0. The van der Waals surface area contributed by atoms with E-state index in [9.17, 15) is 9.18 Å². The molecule has 0 aliphatic heterocycles. The van der Waals surface area contributed by atoms with Gasteiger partial charge >= 0.3 is 0 Å². The Hall–Kier alpha value is -1.62. The molecule has 4 N–H and O–H groups in total. The van der Waals surface area contributed by atoms with Crippen molar-refractivity contribution in [3.8, 4) is 0 Å². The summed E-state index contributed by atoms with van der Waals surface area (Å²) in [7, 11) is 0. The zero-order chi connectivity index (χ0) is 15.0. The number of hydrazine groups is 1. The first-order valence-corrected chi connectivity index (χ1v) is 7.17. The summed E-state index contributed by atoms with van der Waals surface area (Å²) in [4.78, 5) is 12.1. The van der Waals surface area contributed by atoms with Gasteiger partial charge in [0, 0.05) is 6.54 Å². The number of carbonyl (C=O) groups excluding carboxylic acids is 1. The van der Waals surface area contributed by atoms with Crippen molar-refractivity contribution in [2.75, 3.05) is 12.0 Å². The van der Waals surface area contributed by atoms with Gasteiger partial charge in [0.15, 0.2) is 0 Å². The number of hydrogen-bond acceptors (Lipinski definition) is 3. The zero-order valence-corrected chi connectivity index (χ0v) is 12.2. The maximum absolute atomic E-state index is 13.5. The van der Waals surface area contributed by atoms with Crippen LogP contribution in [0.15, 0.2) is 18.2 Å². The van der Waals surface area contributed by atoms with Crippen LogP contribution < -0.4 is 16.6 Å². The maximum atomic E-state index is 13.5. The molecule has 112 valence electrons. The largest absolute Gasteiger partial charge is 0.352 e. The molecule has 1 rings (SSSR count). The smallest absolute Gasteiger partial charge is 0.253 e. The van der Waals surface area contributed by atoms with E-state index in [1.807, 2.05) is 0 Å². The predicted octanol–water partition coefficient (Wildman–Crippen LogP) is 3.06. The first-order valence-electron chi connectivity index (χ1n) is 7.17. The van der Waals surface area contributed by atoms with Gasteiger partial charge in [0.1, 0.15) is 5.82 Å². The van der Waals surface area contributed by atoms with Crippen LogP contribution in [0.2, 0.25) is 0 Å². The van der Waals surface area contributed by atoms with Gasteiger partial charge in [0.05, 0.1) is 11.3 Å². The molecular weight excluding hydrogens is 257 g/mol. The number of benzene rings is 1. The molecule has 20 heavy (non-hydrogen) atoms. The highest BCUT2D eigenvalue weighted by atomic mass is 19.1. The van der Waals surface area contributed by atoms with E-state index in [4.69, 9.17) is 5.84 Å². The van der Waals surface area contributed by atoms with Crippen molar-refractivity contribution in [1.29, 1.82) is 0 Å². The molecule has 5 heteroatoms. The minimum absolute atomic E-state index is 0.0339. The first-order chi connectivity index (χ1) is 9.63. The van der Waals surface area contributed by atoms with Crippen molar-refractivity contribution in [2.45, 2.75) is 39.5 Å². The molecule has 0 aliphatic carbocycles. The molecule has 1 amide bonds. The Balaban J connectivity index is 2.65. The quantitative estimate of drug-likeness (QED) is 0.507. The molecule has 1 aromatic carbocycles. The molecule has 1 atom stereocenters. The normalized spacial score (nSPS) is 12.0. The Kier molecular flexibility index (Phi) is 7.01. The molecule has 4 nitrogen and oxygen atoms in total. The van der Waals surface area contributed by atoms with Gasteiger partial charge in [-0.3, -0.25) is 10.6 Å². The summed E-state index contributed by atoms with van der Waals surface area (Å²) in [5, 5.41) is 2.86. The van der Waals surface area contributed by atoms with Crippen LogP contribution in [-0.4, -0.2) is 12.5 Å². The number of anilines is 1. The first kappa shape index (κ1) is 16.4. The lowest BCUT2D eigenvalue weighted by atomic mass is 9.99. The molecule has 0 bridgehead atoms. The number of rotatable bonds is 8. The molecule has 1 aromatic rings. The van der Waals surface area contributed by atoms with Gasteiger partial charge in [-0.25, -0.2) is 4.39 Å². The molecule has 0 aromatic heterocycles. The fraction of sp³-hybridized carbons (Fsp3) is 0.533. The minimum atomic E-state index is -0.529. The summed E-state index contributed by atoms with van der Waals surface area (Å²) in [6.07, 6.45) is 4.42. The van der Waals surface area contributed by atoms with Crippen molar-refractivity contribution in [3.05, 3.63) is 29.6 Å². The Morgan fingerprint density at radius 2 is 2.15 bits per heavy atom. The van der Waals surface area contributed by atoms with E-state index in [0.29, 0.717) is 12.5 Å². The molecule has 0 spiro atoms. The van der Waals surface area contributed by atoms with Crippen LogP contribution in [0, 0.1) is 11.7 Å². The molecular formula is C15H24FN3O. The number of halogens is 1. The highest BCUT2D eigenvalue weighted by Crippen LogP contribution is 2.19. The summed E-state index contributed by atoms with van der Waals surface area (Å²) in [5.74, 6) is 4.90. The van der Waals surface area contributed by atoms with Crippen LogP contribution in [0.5, 0.6) is 0 Å². The van der Waals surface area contributed by atoms with Crippen LogP contribution in [0.25, 0.3) is 0 Å². The summed E-state index contributed by atoms with van der Waals surface area (Å²) < 4.78 is 13.5. The van der Waals surface area contributed by atoms with E-state index < -0.39 is 5.82 Å². The van der Waals surface area contributed by atoms with Crippen molar-refractivity contribution >= 4 is 11.6 Å². The van der Waals surface area contributed by atoms with Crippen LogP contribution >= 0.6 is 0 Å². The van der Waals surface area contributed by atoms with Crippen molar-refractivity contribution in [3.63, 3.8) is 0 Å². The molecule has 0 heterocycles. The number of amides is 1. The highest BCUT2D eigenvalue weighted by molar-refractivity contribution is 5.99. The van der Waals surface area contributed by atoms with Crippen molar-refractivity contribution in [1.82, 2.24) is 5.32 Å². The Bertz CT molecular complexity index is 437. The van der Waals surface area contributed by atoms with Gasteiger partial charge in [0.25, 0.3) is 5.91 Å². The van der Waals surface area contributed by atoms with E-state index >= 15 is 0 Å². The van der Waals surface area contributed by atoms with Gasteiger partial charge in [-0.1, -0.05) is 39.2 Å². The Morgan fingerprint density at radius 3 is 2.75 bits per heavy atom. The fourth-order valence-electron chi connectivity index (χ4n) is 2.14. The van der Waals surface area contributed by atoms with Crippen LogP contribution in [0.1, 0.15) is 49.9 Å². The van der Waals surface area contributed by atoms with Gasteiger partial charge < -0.3 is 10.7 Å². The van der Waals surface area contributed by atoms with E-state index in [1.165, 1.54) is 12.1 Å². The van der Waals surface area contributed by atoms with Gasteiger partial charge in [-0.05, 0) is 24.5 Å². The van der Waals surface area contributed by atoms with E-state index in [-0.39, 0.29) is 17.2 Å². The third kappa shape index (κ3) is 4.49. The summed E-state index contributed by atoms with van der Waals surface area (Å²) in [6.45, 7) is 4.87. The van der Waals surface area contributed by atoms with Crippen molar-refractivity contribution in [2.24, 2.45) is 11.8 Å². The zero-order valence-electron chi connectivity index (χ0n) is 12.2. The minimum Gasteiger partial charge on any atom is -0.352 e. The second-order valence-electron chi connectivity index (χ2n) is 4.93. The number of carbonyl (C=O) groups is 1. The average Bonchev–Trinajstić information content (AvgIpc) is 2.46. The van der Waals surface area contributed by atoms with Gasteiger partial charge in [-0.2, -0.15) is 0 Å². The maximum Gasteiger partial charge on any atom is 0.253 e. The topological polar surface area (TPSA) is 67.2 Å². The summed E-state index contributed by atoms with van der Waals surface area (Å²) in [5.41, 5.74) is 2.51. The molecule has 0 saturated carbocycles. The lowest BCUT2D eigenvalue weighted by Crippen LogP contribution is -2.30. The Labute approximate surface area is 119 Å². The molecule has 0 aliphatic rings. The molecule has 0 fully saturated rings. The van der Waals surface area contributed by atoms with Crippen LogP contribution in [0.4, 0.5) is 10.1 Å². The van der Waals surface area contributed by atoms with Gasteiger partial charge in [0.2, 0.25) is 0 Å². The number of hydrogen-bond donors (Lipinski definition) is 3. The second-order valence-corrected chi connectivity index (χ2v) is 4.93. The molecule has 0 saturated heterocycles. The molecule has 1 unspecified atom stereocenters. The fourth-order valence-corrected chi connectivity index (χ4v) is 2.14. The monoisotopic (exact) mass is 281 g/mol. The number of nitrogens with one attached hydrogen (secondary N) is 2. The highest BCUT2D eigenvalue weighted by Gasteiger charge is 2.15. The lowest BCUT2D eigenvalue weighted by molar-refractivity contribution is 0.0946. The number of nitrogen functional groups attached to an aromatic ring is 1. The third-order valence-corrected chi connectivity index (χ3v) is 3.50. The van der Waals surface area contributed by atoms with E-state index in [0.717, 1.165) is 25.7 Å². The van der Waals surface area contributed by atoms with Crippen LogP contribution in [0.3, 0.4) is 0 Å². The van der Waals surface area contributed by atoms with Crippen molar-refractivity contribution < 1.29 is 9.18 Å². The lowest BCUT2D eigenvalue weighted by Gasteiger charge is -2.16. The van der Waals surface area contributed by atoms with Crippen LogP contribution in [-0.2, 0) is 0 Å². The average molecular weight is 281 g/mol. The second kappa shape index (κ2) is 8.53. The number of para-hydroxylation sites is 1. The standard InChI is InChI=1S/C15H24FN3O/c1-3-5-7-11(4-2)10-18-15(20)12-8-6-9-13(16)14(12)19-17/h6,8-9,11,19H,3-5,7,10,17H2,1-2H3,(H,18,20). The molecule has 0 radical (unpaired) electrons. The SMILES string of the molecule is CCCCC(CC)CNC(=O)c1cccc(F)c1NN.